The Morgan fingerprint density at radius 1 is 0.219 bits per heavy atom. The molecule has 12 aromatic carbocycles. The third-order valence-corrected chi connectivity index (χ3v) is 12.7. The van der Waals surface area contributed by atoms with Gasteiger partial charge in [-0.2, -0.15) is 0 Å². The quantitative estimate of drug-likeness (QED) is 0.141. The number of hydrogen-bond acceptors (Lipinski definition) is 2. The molecule has 300 valence electrons. The third kappa shape index (κ3) is 6.88. The minimum Gasteiger partial charge on any atom is -0.310 e. The van der Waals surface area contributed by atoms with Gasteiger partial charge in [-0.25, -0.2) is 0 Å². The Bertz CT molecular complexity index is 3510. The smallest absolute Gasteiger partial charge is 0.0540 e. The standard InChI is InChI=1S/C62H42N2/c1-3-15-49-39-55(33-29-45(49)11-1)63(61-21-9-17-47-13-5-7-19-59(47)61)57-35-31-51-37-43(25-27-53(51)41-57)23-24-44-26-28-54-42-58(36-32-52(54)38-44)64(56-34-30-46-12-2-4-16-50(46)40-56)62-22-10-18-48-14-6-8-20-60(48)62/h1-42H. The summed E-state index contributed by atoms with van der Waals surface area (Å²) in [5.74, 6) is 0. The fraction of sp³-hybridized carbons (Fsp3) is 0. The number of benzene rings is 12. The lowest BCUT2D eigenvalue weighted by atomic mass is 10.0. The number of anilines is 6. The average Bonchev–Trinajstić information content (AvgIpc) is 3.36. The van der Waals surface area contributed by atoms with Gasteiger partial charge in [-0.3, -0.25) is 0 Å². The van der Waals surface area contributed by atoms with Gasteiger partial charge in [0.2, 0.25) is 0 Å². The van der Waals surface area contributed by atoms with Gasteiger partial charge in [-0.05, 0) is 138 Å². The molecule has 0 bridgehead atoms. The number of hydrogen-bond donors (Lipinski definition) is 0. The molecular weight excluding hydrogens is 773 g/mol. The van der Waals surface area contributed by atoms with Crippen LogP contribution in [0.2, 0.25) is 0 Å². The van der Waals surface area contributed by atoms with Crippen molar-refractivity contribution in [1.29, 1.82) is 0 Å². The molecular formula is C62H42N2. The Hall–Kier alpha value is -8.46. The Labute approximate surface area is 372 Å². The third-order valence-electron chi connectivity index (χ3n) is 12.7. The number of rotatable bonds is 8. The topological polar surface area (TPSA) is 6.48 Å². The Balaban J connectivity index is 0.862. The van der Waals surface area contributed by atoms with Crippen LogP contribution in [0.1, 0.15) is 11.1 Å². The van der Waals surface area contributed by atoms with Crippen molar-refractivity contribution in [2.24, 2.45) is 0 Å². The molecule has 0 unspecified atom stereocenters. The first-order chi connectivity index (χ1) is 31.7. The maximum absolute atomic E-state index is 2.40. The van der Waals surface area contributed by atoms with Crippen LogP contribution < -0.4 is 9.80 Å². The highest BCUT2D eigenvalue weighted by Crippen LogP contribution is 2.43. The van der Waals surface area contributed by atoms with Gasteiger partial charge in [-0.15, -0.1) is 0 Å². The van der Waals surface area contributed by atoms with E-state index in [1.165, 1.54) is 64.6 Å². The van der Waals surface area contributed by atoms with Gasteiger partial charge < -0.3 is 9.80 Å². The van der Waals surface area contributed by atoms with Crippen molar-refractivity contribution < 1.29 is 0 Å². The maximum Gasteiger partial charge on any atom is 0.0540 e. The monoisotopic (exact) mass is 814 g/mol. The van der Waals surface area contributed by atoms with Crippen LogP contribution in [0.15, 0.2) is 243 Å². The van der Waals surface area contributed by atoms with E-state index in [0.717, 1.165) is 45.3 Å². The molecule has 0 saturated carbocycles. The first kappa shape index (κ1) is 37.3. The van der Waals surface area contributed by atoms with Gasteiger partial charge in [0.1, 0.15) is 0 Å². The molecule has 0 aliphatic heterocycles. The normalized spacial score (nSPS) is 11.7. The van der Waals surface area contributed by atoms with Crippen LogP contribution in [0, 0.1) is 0 Å². The largest absolute Gasteiger partial charge is 0.310 e. The molecule has 2 nitrogen and oxygen atoms in total. The molecule has 12 rings (SSSR count). The highest BCUT2D eigenvalue weighted by molar-refractivity contribution is 6.03. The predicted octanol–water partition coefficient (Wildman–Crippen LogP) is 17.7. The summed E-state index contributed by atoms with van der Waals surface area (Å²) in [5.41, 5.74) is 9.16. The number of fused-ring (bicyclic) bond motifs is 6. The van der Waals surface area contributed by atoms with E-state index in [-0.39, 0.29) is 0 Å². The molecule has 0 saturated heterocycles. The lowest BCUT2D eigenvalue weighted by Crippen LogP contribution is -2.10. The second kappa shape index (κ2) is 15.8. The van der Waals surface area contributed by atoms with Gasteiger partial charge in [-0.1, -0.05) is 182 Å². The zero-order valence-corrected chi connectivity index (χ0v) is 35.1. The summed E-state index contributed by atoms with van der Waals surface area (Å²) in [6.45, 7) is 0. The summed E-state index contributed by atoms with van der Waals surface area (Å²) >= 11 is 0. The molecule has 0 fully saturated rings. The molecule has 64 heavy (non-hydrogen) atoms. The van der Waals surface area contributed by atoms with Gasteiger partial charge in [0, 0.05) is 33.5 Å². The first-order valence-corrected chi connectivity index (χ1v) is 22.0. The van der Waals surface area contributed by atoms with Crippen molar-refractivity contribution in [3.63, 3.8) is 0 Å². The Morgan fingerprint density at radius 2 is 0.516 bits per heavy atom. The van der Waals surface area contributed by atoms with Crippen molar-refractivity contribution in [2.75, 3.05) is 9.80 Å². The van der Waals surface area contributed by atoms with E-state index in [1.54, 1.807) is 0 Å². The van der Waals surface area contributed by atoms with E-state index >= 15 is 0 Å². The van der Waals surface area contributed by atoms with Crippen LogP contribution in [0.3, 0.4) is 0 Å². The summed E-state index contributed by atoms with van der Waals surface area (Å²) in [6.07, 6.45) is 4.45. The fourth-order valence-electron chi connectivity index (χ4n) is 9.47. The minimum atomic E-state index is 1.12. The van der Waals surface area contributed by atoms with Crippen molar-refractivity contribution in [2.45, 2.75) is 0 Å². The van der Waals surface area contributed by atoms with Crippen molar-refractivity contribution in [3.05, 3.63) is 254 Å². The van der Waals surface area contributed by atoms with Gasteiger partial charge >= 0.3 is 0 Å². The molecule has 0 N–H and O–H groups in total. The highest BCUT2D eigenvalue weighted by atomic mass is 15.1. The van der Waals surface area contributed by atoms with Crippen LogP contribution in [0.5, 0.6) is 0 Å². The van der Waals surface area contributed by atoms with Crippen LogP contribution in [0.4, 0.5) is 34.1 Å². The highest BCUT2D eigenvalue weighted by Gasteiger charge is 2.18. The molecule has 0 aromatic heterocycles. The molecule has 0 aliphatic carbocycles. The summed E-state index contributed by atoms with van der Waals surface area (Å²) in [7, 11) is 0. The molecule has 0 atom stereocenters. The minimum absolute atomic E-state index is 1.12. The lowest BCUT2D eigenvalue weighted by Gasteiger charge is -2.27. The first-order valence-electron chi connectivity index (χ1n) is 22.0. The van der Waals surface area contributed by atoms with E-state index in [0.29, 0.717) is 0 Å². The van der Waals surface area contributed by atoms with E-state index in [1.807, 2.05) is 0 Å². The van der Waals surface area contributed by atoms with E-state index < -0.39 is 0 Å². The van der Waals surface area contributed by atoms with E-state index in [9.17, 15) is 0 Å². The fourth-order valence-corrected chi connectivity index (χ4v) is 9.47. The Kier molecular flexibility index (Phi) is 9.20. The van der Waals surface area contributed by atoms with E-state index in [4.69, 9.17) is 0 Å². The number of nitrogens with zero attached hydrogens (tertiary/aromatic N) is 2. The molecule has 0 aliphatic rings. The molecule has 0 radical (unpaired) electrons. The molecule has 2 heteroatoms. The second-order valence-corrected chi connectivity index (χ2v) is 16.6. The SMILES string of the molecule is C(=Cc1ccc2cc(N(c3ccc4ccccc4c3)c3cccc4ccccc34)ccc2c1)c1ccc2cc(N(c3ccc4ccccc4c3)c3cccc4ccccc34)ccc2c1. The van der Waals surface area contributed by atoms with Crippen molar-refractivity contribution >= 4 is 111 Å². The van der Waals surface area contributed by atoms with Crippen LogP contribution in [0.25, 0.3) is 76.8 Å². The van der Waals surface area contributed by atoms with E-state index in [2.05, 4.69) is 265 Å². The summed E-state index contributed by atoms with van der Waals surface area (Å²) in [6, 6.07) is 88.3. The molecule has 0 spiro atoms. The van der Waals surface area contributed by atoms with Gasteiger partial charge in [0.25, 0.3) is 0 Å². The summed E-state index contributed by atoms with van der Waals surface area (Å²) < 4.78 is 0. The summed E-state index contributed by atoms with van der Waals surface area (Å²) in [4.78, 5) is 4.80. The molecule has 0 amide bonds. The van der Waals surface area contributed by atoms with Gasteiger partial charge in [0.15, 0.2) is 0 Å². The Morgan fingerprint density at radius 3 is 0.938 bits per heavy atom. The van der Waals surface area contributed by atoms with Crippen molar-refractivity contribution in [3.8, 4) is 0 Å². The lowest BCUT2D eigenvalue weighted by molar-refractivity contribution is 1.31. The zero-order chi connectivity index (χ0) is 42.4. The van der Waals surface area contributed by atoms with Crippen LogP contribution in [-0.2, 0) is 0 Å². The van der Waals surface area contributed by atoms with Gasteiger partial charge in [0.05, 0.1) is 11.4 Å². The maximum atomic E-state index is 2.40. The summed E-state index contributed by atoms with van der Waals surface area (Å²) in [5, 5.41) is 14.6. The second-order valence-electron chi connectivity index (χ2n) is 16.6. The average molecular weight is 815 g/mol. The van der Waals surface area contributed by atoms with Crippen LogP contribution in [-0.4, -0.2) is 0 Å². The zero-order valence-electron chi connectivity index (χ0n) is 35.1. The molecule has 12 aromatic rings. The molecule has 0 heterocycles. The van der Waals surface area contributed by atoms with Crippen molar-refractivity contribution in [1.82, 2.24) is 0 Å². The predicted molar refractivity (Wildman–Crippen MR) is 276 cm³/mol. The van der Waals surface area contributed by atoms with Crippen LogP contribution >= 0.6 is 0 Å².